The monoisotopic (exact) mass is 307 g/mol. The normalized spacial score (nSPS) is 19.4. The minimum absolute atomic E-state index is 0.649. The lowest BCUT2D eigenvalue weighted by molar-refractivity contribution is 0.352. The van der Waals surface area contributed by atoms with Crippen LogP contribution in [0.25, 0.3) is 0 Å². The predicted octanol–water partition coefficient (Wildman–Crippen LogP) is 3.71. The molecular formula is C17H25NO2S. The zero-order valence-corrected chi connectivity index (χ0v) is 14.0. The summed E-state index contributed by atoms with van der Waals surface area (Å²) in [4.78, 5) is 1.26. The molecule has 0 bridgehead atoms. The summed E-state index contributed by atoms with van der Waals surface area (Å²) < 4.78 is 10.8. The Bertz CT molecular complexity index is 510. The Balaban J connectivity index is 1.66. The predicted molar refractivity (Wildman–Crippen MR) is 87.4 cm³/mol. The quantitative estimate of drug-likeness (QED) is 0.742. The molecule has 3 rings (SSSR count). The van der Waals surface area contributed by atoms with Crippen LogP contribution in [0.3, 0.4) is 0 Å². The number of rotatable bonds is 8. The van der Waals surface area contributed by atoms with E-state index in [1.54, 1.807) is 26.0 Å². The fraction of sp³-hybridized carbons (Fsp3) is 0.647. The van der Waals surface area contributed by atoms with Crippen molar-refractivity contribution in [3.63, 3.8) is 0 Å². The average molecular weight is 307 g/mol. The van der Waals surface area contributed by atoms with E-state index in [4.69, 9.17) is 9.47 Å². The Morgan fingerprint density at radius 3 is 2.38 bits per heavy atom. The molecule has 0 unspecified atom stereocenters. The van der Waals surface area contributed by atoms with Crippen molar-refractivity contribution in [3.8, 4) is 11.5 Å². The fourth-order valence-corrected chi connectivity index (χ4v) is 3.88. The van der Waals surface area contributed by atoms with Gasteiger partial charge in [-0.05, 0) is 61.0 Å². The van der Waals surface area contributed by atoms with Gasteiger partial charge in [-0.1, -0.05) is 0 Å². The lowest BCUT2D eigenvalue weighted by Crippen LogP contribution is -2.25. The van der Waals surface area contributed by atoms with Crippen molar-refractivity contribution in [2.24, 2.45) is 11.3 Å². The van der Waals surface area contributed by atoms with E-state index in [1.807, 2.05) is 0 Å². The van der Waals surface area contributed by atoms with Gasteiger partial charge in [-0.25, -0.2) is 0 Å². The summed E-state index contributed by atoms with van der Waals surface area (Å²) in [6, 6.07) is 4.18. The van der Waals surface area contributed by atoms with Crippen molar-refractivity contribution in [1.29, 1.82) is 0 Å². The Labute approximate surface area is 131 Å². The summed E-state index contributed by atoms with van der Waals surface area (Å²) in [5.41, 5.74) is 1.95. The minimum atomic E-state index is 0.649. The number of thioether (sulfide) groups is 1. The van der Waals surface area contributed by atoms with Crippen LogP contribution in [0.1, 0.15) is 31.2 Å². The molecule has 21 heavy (non-hydrogen) atoms. The van der Waals surface area contributed by atoms with Gasteiger partial charge in [0.05, 0.1) is 14.2 Å². The van der Waals surface area contributed by atoms with Crippen LogP contribution in [-0.2, 0) is 6.54 Å². The van der Waals surface area contributed by atoms with E-state index >= 15 is 0 Å². The summed E-state index contributed by atoms with van der Waals surface area (Å²) in [6.07, 6.45) is 7.86. The smallest absolute Gasteiger partial charge is 0.161 e. The number of benzene rings is 1. The van der Waals surface area contributed by atoms with E-state index in [1.165, 1.54) is 42.7 Å². The largest absolute Gasteiger partial charge is 0.493 e. The summed E-state index contributed by atoms with van der Waals surface area (Å²) in [5, 5.41) is 3.68. The van der Waals surface area contributed by atoms with Gasteiger partial charge in [0.25, 0.3) is 0 Å². The molecule has 1 aromatic rings. The van der Waals surface area contributed by atoms with Gasteiger partial charge in [-0.15, -0.1) is 11.8 Å². The highest BCUT2D eigenvalue weighted by atomic mass is 32.2. The Morgan fingerprint density at radius 2 is 1.86 bits per heavy atom. The van der Waals surface area contributed by atoms with Crippen LogP contribution in [0.15, 0.2) is 17.0 Å². The van der Waals surface area contributed by atoms with Crippen LogP contribution in [-0.4, -0.2) is 27.0 Å². The SMILES string of the molecule is COc1cc(CNCC2(C3CC3)CC2)c(SC)cc1OC. The van der Waals surface area contributed by atoms with Crippen LogP contribution in [0.4, 0.5) is 0 Å². The second-order valence-electron chi connectivity index (χ2n) is 6.26. The van der Waals surface area contributed by atoms with Crippen molar-refractivity contribution in [3.05, 3.63) is 17.7 Å². The van der Waals surface area contributed by atoms with Gasteiger partial charge in [-0.3, -0.25) is 0 Å². The van der Waals surface area contributed by atoms with Crippen molar-refractivity contribution < 1.29 is 9.47 Å². The summed E-state index contributed by atoms with van der Waals surface area (Å²) >= 11 is 1.76. The van der Waals surface area contributed by atoms with Gasteiger partial charge in [0, 0.05) is 18.0 Å². The standard InChI is InChI=1S/C17H25NO2S/c1-19-14-8-12(16(21-3)9-15(14)20-2)10-18-11-17(6-7-17)13-4-5-13/h8-9,13,18H,4-7,10-11H2,1-3H3. The summed E-state index contributed by atoms with van der Waals surface area (Å²) in [6.45, 7) is 2.07. The van der Waals surface area contributed by atoms with Crippen LogP contribution in [0.5, 0.6) is 11.5 Å². The Hall–Kier alpha value is -0.870. The fourth-order valence-electron chi connectivity index (χ4n) is 3.26. The molecule has 0 amide bonds. The molecular weight excluding hydrogens is 282 g/mol. The molecule has 0 radical (unpaired) electrons. The first kappa shape index (κ1) is 15.0. The van der Waals surface area contributed by atoms with Gasteiger partial charge in [0.15, 0.2) is 11.5 Å². The van der Waals surface area contributed by atoms with E-state index in [-0.39, 0.29) is 0 Å². The molecule has 116 valence electrons. The van der Waals surface area contributed by atoms with Gasteiger partial charge in [0.2, 0.25) is 0 Å². The van der Waals surface area contributed by atoms with Crippen LogP contribution >= 0.6 is 11.8 Å². The number of nitrogens with one attached hydrogen (secondary N) is 1. The maximum atomic E-state index is 5.42. The van der Waals surface area contributed by atoms with Gasteiger partial charge >= 0.3 is 0 Å². The molecule has 2 aliphatic rings. The second kappa shape index (κ2) is 6.09. The zero-order valence-electron chi connectivity index (χ0n) is 13.2. The number of ether oxygens (including phenoxy) is 2. The first-order valence-electron chi connectivity index (χ1n) is 7.72. The molecule has 2 saturated carbocycles. The minimum Gasteiger partial charge on any atom is -0.493 e. The van der Waals surface area contributed by atoms with Crippen LogP contribution < -0.4 is 14.8 Å². The average Bonchev–Trinajstić information content (AvgIpc) is 3.38. The van der Waals surface area contributed by atoms with E-state index in [0.717, 1.165) is 24.0 Å². The summed E-state index contributed by atoms with van der Waals surface area (Å²) in [5.74, 6) is 2.63. The molecule has 0 heterocycles. The lowest BCUT2D eigenvalue weighted by atomic mass is 10.0. The topological polar surface area (TPSA) is 30.5 Å². The van der Waals surface area contributed by atoms with Crippen molar-refractivity contribution in [1.82, 2.24) is 5.32 Å². The molecule has 2 aliphatic carbocycles. The highest BCUT2D eigenvalue weighted by Crippen LogP contribution is 2.60. The highest BCUT2D eigenvalue weighted by molar-refractivity contribution is 7.98. The Morgan fingerprint density at radius 1 is 1.19 bits per heavy atom. The Kier molecular flexibility index (Phi) is 4.36. The molecule has 4 heteroatoms. The molecule has 3 nitrogen and oxygen atoms in total. The second-order valence-corrected chi connectivity index (χ2v) is 7.11. The summed E-state index contributed by atoms with van der Waals surface area (Å²) in [7, 11) is 3.38. The lowest BCUT2D eigenvalue weighted by Gasteiger charge is -2.17. The third-order valence-electron chi connectivity index (χ3n) is 4.91. The van der Waals surface area contributed by atoms with Crippen LogP contribution in [0.2, 0.25) is 0 Å². The number of hydrogen-bond donors (Lipinski definition) is 1. The van der Waals surface area contributed by atoms with Gasteiger partial charge < -0.3 is 14.8 Å². The van der Waals surface area contributed by atoms with Gasteiger partial charge in [0.1, 0.15) is 0 Å². The van der Waals surface area contributed by atoms with E-state index < -0.39 is 0 Å². The highest BCUT2D eigenvalue weighted by Gasteiger charge is 2.53. The van der Waals surface area contributed by atoms with Crippen molar-refractivity contribution in [2.75, 3.05) is 27.0 Å². The first-order chi connectivity index (χ1) is 10.2. The van der Waals surface area contributed by atoms with Gasteiger partial charge in [-0.2, -0.15) is 0 Å². The maximum Gasteiger partial charge on any atom is 0.161 e. The van der Waals surface area contributed by atoms with E-state index in [2.05, 4.69) is 23.7 Å². The van der Waals surface area contributed by atoms with E-state index in [9.17, 15) is 0 Å². The molecule has 0 saturated heterocycles. The maximum absolute atomic E-state index is 5.42. The molecule has 0 atom stereocenters. The van der Waals surface area contributed by atoms with E-state index in [0.29, 0.717) is 5.41 Å². The van der Waals surface area contributed by atoms with Crippen LogP contribution in [0, 0.1) is 11.3 Å². The molecule has 1 N–H and O–H groups in total. The van der Waals surface area contributed by atoms with Crippen molar-refractivity contribution >= 4 is 11.8 Å². The molecule has 0 spiro atoms. The molecule has 1 aromatic carbocycles. The molecule has 0 aromatic heterocycles. The number of methoxy groups -OCH3 is 2. The van der Waals surface area contributed by atoms with Crippen molar-refractivity contribution in [2.45, 2.75) is 37.1 Å². The third kappa shape index (κ3) is 3.16. The molecule has 2 fully saturated rings. The zero-order chi connectivity index (χ0) is 14.9. The molecule has 0 aliphatic heterocycles. The number of hydrogen-bond acceptors (Lipinski definition) is 4. The first-order valence-corrected chi connectivity index (χ1v) is 8.94. The third-order valence-corrected chi connectivity index (χ3v) is 5.73.